The van der Waals surface area contributed by atoms with Gasteiger partial charge in [0.25, 0.3) is 0 Å². The summed E-state index contributed by atoms with van der Waals surface area (Å²) in [6.45, 7) is 0.454. The van der Waals surface area contributed by atoms with E-state index in [0.29, 0.717) is 23.9 Å². The summed E-state index contributed by atoms with van der Waals surface area (Å²) in [4.78, 5) is 0. The van der Waals surface area contributed by atoms with Crippen molar-refractivity contribution in [1.82, 2.24) is 20.6 Å². The zero-order chi connectivity index (χ0) is 17.9. The van der Waals surface area contributed by atoms with Crippen LogP contribution in [-0.4, -0.2) is 27.7 Å². The quantitative estimate of drug-likeness (QED) is 0.454. The highest BCUT2D eigenvalue weighted by molar-refractivity contribution is 14.1. The first-order valence-electron chi connectivity index (χ1n) is 7.97. The molecule has 4 aromatic rings. The number of hydrogen-bond acceptors (Lipinski definition) is 5. The first-order chi connectivity index (χ1) is 12.8. The van der Waals surface area contributed by atoms with Crippen molar-refractivity contribution >= 4 is 33.4 Å². The molecule has 0 unspecified atom stereocenters. The largest absolute Gasteiger partial charge is 0.493 e. The van der Waals surface area contributed by atoms with Gasteiger partial charge in [-0.3, -0.25) is 0 Å². The third-order valence-electron chi connectivity index (χ3n) is 4.08. The minimum atomic E-state index is 0.454. The van der Waals surface area contributed by atoms with Crippen LogP contribution in [0, 0.1) is 3.57 Å². The minimum absolute atomic E-state index is 0.454. The van der Waals surface area contributed by atoms with Crippen molar-refractivity contribution in [3.8, 4) is 22.9 Å². The number of halogens is 1. The molecule has 0 spiro atoms. The van der Waals surface area contributed by atoms with Crippen molar-refractivity contribution in [3.05, 3.63) is 63.7 Å². The van der Waals surface area contributed by atoms with Crippen molar-refractivity contribution in [1.29, 1.82) is 0 Å². The molecule has 0 amide bonds. The van der Waals surface area contributed by atoms with Crippen molar-refractivity contribution in [3.63, 3.8) is 0 Å². The van der Waals surface area contributed by atoms with Crippen molar-refractivity contribution in [2.45, 2.75) is 6.61 Å². The molecule has 0 aliphatic carbocycles. The number of rotatable bonds is 5. The van der Waals surface area contributed by atoms with Gasteiger partial charge in [0.05, 0.1) is 10.7 Å². The molecule has 0 saturated heterocycles. The molecule has 0 aliphatic rings. The van der Waals surface area contributed by atoms with Gasteiger partial charge in [-0.1, -0.05) is 42.5 Å². The third-order valence-corrected chi connectivity index (χ3v) is 4.89. The Morgan fingerprint density at radius 1 is 1.08 bits per heavy atom. The molecule has 0 radical (unpaired) electrons. The summed E-state index contributed by atoms with van der Waals surface area (Å²) in [7, 11) is 1.62. The molecular formula is C19H15IN4O2. The average Bonchev–Trinajstić information content (AvgIpc) is 3.21. The van der Waals surface area contributed by atoms with Crippen molar-refractivity contribution in [2.75, 3.05) is 7.11 Å². The number of aromatic amines is 1. The second kappa shape index (κ2) is 7.28. The number of ether oxygens (including phenoxy) is 2. The number of tetrazole rings is 1. The SMILES string of the molecule is COc1cc(-c2nn[nH]n2)cc(I)c1OCc1cccc2ccccc12. The van der Waals surface area contributed by atoms with Gasteiger partial charge in [-0.25, -0.2) is 0 Å². The van der Waals surface area contributed by atoms with Crippen LogP contribution in [0.15, 0.2) is 54.6 Å². The van der Waals surface area contributed by atoms with Crippen LogP contribution in [0.25, 0.3) is 22.2 Å². The highest BCUT2D eigenvalue weighted by atomic mass is 127. The van der Waals surface area contributed by atoms with Gasteiger partial charge < -0.3 is 9.47 Å². The van der Waals surface area contributed by atoms with Crippen LogP contribution in [0.4, 0.5) is 0 Å². The lowest BCUT2D eigenvalue weighted by Gasteiger charge is -2.14. The van der Waals surface area contributed by atoms with Crippen molar-refractivity contribution < 1.29 is 9.47 Å². The van der Waals surface area contributed by atoms with Crippen molar-refractivity contribution in [2.24, 2.45) is 0 Å². The number of H-pyrrole nitrogens is 1. The van der Waals surface area contributed by atoms with E-state index in [-0.39, 0.29) is 0 Å². The van der Waals surface area contributed by atoms with Gasteiger partial charge in [0.15, 0.2) is 11.5 Å². The summed E-state index contributed by atoms with van der Waals surface area (Å²) < 4.78 is 12.6. The Morgan fingerprint density at radius 2 is 1.92 bits per heavy atom. The summed E-state index contributed by atoms with van der Waals surface area (Å²) in [6.07, 6.45) is 0. The molecule has 26 heavy (non-hydrogen) atoms. The Balaban J connectivity index is 1.65. The molecule has 3 aromatic carbocycles. The zero-order valence-electron chi connectivity index (χ0n) is 13.9. The fraction of sp³-hybridized carbons (Fsp3) is 0.105. The molecule has 7 heteroatoms. The Labute approximate surface area is 163 Å². The van der Waals surface area contributed by atoms with E-state index in [1.54, 1.807) is 7.11 Å². The minimum Gasteiger partial charge on any atom is -0.493 e. The Kier molecular flexibility index (Phi) is 4.70. The summed E-state index contributed by atoms with van der Waals surface area (Å²) in [6, 6.07) is 18.3. The van der Waals surface area contributed by atoms with E-state index in [2.05, 4.69) is 67.5 Å². The standard InChI is InChI=1S/C19H15IN4O2/c1-25-17-10-14(19-21-23-24-22-19)9-16(20)18(17)26-11-13-7-4-6-12-5-2-3-8-15(12)13/h2-10H,11H2,1H3,(H,21,22,23,24). The van der Waals surface area contributed by atoms with Gasteiger partial charge >= 0.3 is 0 Å². The van der Waals surface area contributed by atoms with E-state index in [1.807, 2.05) is 30.3 Å². The molecule has 0 fully saturated rings. The van der Waals surface area contributed by atoms with E-state index >= 15 is 0 Å². The topological polar surface area (TPSA) is 72.9 Å². The van der Waals surface area contributed by atoms with Gasteiger partial charge in [0.2, 0.25) is 5.82 Å². The number of nitrogens with one attached hydrogen (secondary N) is 1. The maximum atomic E-state index is 6.13. The molecular weight excluding hydrogens is 443 g/mol. The normalized spacial score (nSPS) is 10.8. The second-order valence-corrected chi connectivity index (χ2v) is 6.81. The van der Waals surface area contributed by atoms with Crippen LogP contribution in [0.1, 0.15) is 5.56 Å². The lowest BCUT2D eigenvalue weighted by atomic mass is 10.1. The van der Waals surface area contributed by atoms with Gasteiger partial charge in [-0.15, -0.1) is 10.2 Å². The van der Waals surface area contributed by atoms with Gasteiger partial charge in [0.1, 0.15) is 6.61 Å². The number of nitrogens with zero attached hydrogens (tertiary/aromatic N) is 3. The maximum Gasteiger partial charge on any atom is 0.204 e. The predicted octanol–water partition coefficient (Wildman–Crippen LogP) is 4.21. The lowest BCUT2D eigenvalue weighted by Crippen LogP contribution is -2.01. The molecule has 4 rings (SSSR count). The van der Waals surface area contributed by atoms with Gasteiger partial charge in [-0.05, 0) is 56.3 Å². The van der Waals surface area contributed by atoms with Gasteiger partial charge in [0, 0.05) is 5.56 Å². The Bertz CT molecular complexity index is 1050. The van der Waals surface area contributed by atoms with Crippen LogP contribution in [-0.2, 0) is 6.61 Å². The van der Waals surface area contributed by atoms with E-state index in [9.17, 15) is 0 Å². The number of aromatic nitrogens is 4. The Hall–Kier alpha value is -2.68. The highest BCUT2D eigenvalue weighted by Gasteiger charge is 2.15. The van der Waals surface area contributed by atoms with E-state index in [1.165, 1.54) is 10.8 Å². The molecule has 130 valence electrons. The summed E-state index contributed by atoms with van der Waals surface area (Å²) in [5, 5.41) is 16.5. The molecule has 0 bridgehead atoms. The van der Waals surface area contributed by atoms with E-state index < -0.39 is 0 Å². The third kappa shape index (κ3) is 3.22. The molecule has 1 heterocycles. The fourth-order valence-corrected chi connectivity index (χ4v) is 3.60. The zero-order valence-corrected chi connectivity index (χ0v) is 16.1. The molecule has 1 aromatic heterocycles. The number of benzene rings is 3. The maximum absolute atomic E-state index is 6.13. The predicted molar refractivity (Wildman–Crippen MR) is 107 cm³/mol. The van der Waals surface area contributed by atoms with Crippen LogP contribution < -0.4 is 9.47 Å². The average molecular weight is 458 g/mol. The van der Waals surface area contributed by atoms with Crippen LogP contribution in [0.2, 0.25) is 0 Å². The second-order valence-electron chi connectivity index (χ2n) is 5.65. The molecule has 0 atom stereocenters. The monoisotopic (exact) mass is 458 g/mol. The smallest absolute Gasteiger partial charge is 0.204 e. The summed E-state index contributed by atoms with van der Waals surface area (Å²) >= 11 is 2.23. The lowest BCUT2D eigenvalue weighted by molar-refractivity contribution is 0.283. The fourth-order valence-electron chi connectivity index (χ4n) is 2.84. The number of fused-ring (bicyclic) bond motifs is 1. The van der Waals surface area contributed by atoms with E-state index in [0.717, 1.165) is 14.7 Å². The van der Waals surface area contributed by atoms with E-state index in [4.69, 9.17) is 9.47 Å². The first kappa shape index (κ1) is 16.8. The van der Waals surface area contributed by atoms with Gasteiger partial charge in [-0.2, -0.15) is 5.21 Å². The Morgan fingerprint density at radius 3 is 2.73 bits per heavy atom. The molecule has 6 nitrogen and oxygen atoms in total. The number of methoxy groups -OCH3 is 1. The highest BCUT2D eigenvalue weighted by Crippen LogP contribution is 2.37. The van der Waals surface area contributed by atoms with Crippen LogP contribution in [0.3, 0.4) is 0 Å². The number of hydrogen-bond donors (Lipinski definition) is 1. The molecule has 0 aliphatic heterocycles. The summed E-state index contributed by atoms with van der Waals surface area (Å²) in [5.74, 6) is 1.85. The molecule has 0 saturated carbocycles. The molecule has 1 N–H and O–H groups in total. The van der Waals surface area contributed by atoms with Crippen LogP contribution in [0.5, 0.6) is 11.5 Å². The van der Waals surface area contributed by atoms with Crippen LogP contribution >= 0.6 is 22.6 Å². The first-order valence-corrected chi connectivity index (χ1v) is 9.05. The summed E-state index contributed by atoms with van der Waals surface area (Å²) in [5.41, 5.74) is 1.95.